The zero-order valence-corrected chi connectivity index (χ0v) is 11.0. The van der Waals surface area contributed by atoms with Gasteiger partial charge in [0.15, 0.2) is 0 Å². The molecule has 0 aliphatic carbocycles. The first-order valence-electron chi connectivity index (χ1n) is 5.06. The van der Waals surface area contributed by atoms with Gasteiger partial charge < -0.3 is 10.4 Å². The lowest BCUT2D eigenvalue weighted by Gasteiger charge is -2.02. The minimum Gasteiger partial charge on any atom is -0.477 e. The Bertz CT molecular complexity index is 591. The van der Waals surface area contributed by atoms with Gasteiger partial charge in [-0.1, -0.05) is 11.4 Å². The number of nitrogens with one attached hydrogen (secondary N) is 1. The van der Waals surface area contributed by atoms with Crippen LogP contribution < -0.4 is 5.32 Å². The SMILES string of the molecule is CCc1nnsc1C(=O)Nc1ccsc1C(=O)O. The van der Waals surface area contributed by atoms with E-state index in [9.17, 15) is 9.59 Å². The van der Waals surface area contributed by atoms with Crippen molar-refractivity contribution in [2.75, 3.05) is 5.32 Å². The van der Waals surface area contributed by atoms with Gasteiger partial charge in [-0.3, -0.25) is 4.79 Å². The number of nitrogens with zero attached hydrogens (tertiary/aromatic N) is 2. The van der Waals surface area contributed by atoms with Crippen LogP contribution in [0.25, 0.3) is 0 Å². The fraction of sp³-hybridized carbons (Fsp3) is 0.200. The summed E-state index contributed by atoms with van der Waals surface area (Å²) >= 11 is 2.07. The first-order chi connectivity index (χ1) is 8.63. The van der Waals surface area contributed by atoms with Crippen molar-refractivity contribution >= 4 is 40.4 Å². The summed E-state index contributed by atoms with van der Waals surface area (Å²) in [5, 5.41) is 17.0. The van der Waals surface area contributed by atoms with E-state index in [2.05, 4.69) is 14.9 Å². The molecule has 2 aromatic rings. The number of carbonyl (C=O) groups is 2. The molecular weight excluding hydrogens is 274 g/mol. The summed E-state index contributed by atoms with van der Waals surface area (Å²) in [4.78, 5) is 23.4. The first kappa shape index (κ1) is 12.7. The summed E-state index contributed by atoms with van der Waals surface area (Å²) in [6.07, 6.45) is 0.606. The van der Waals surface area contributed by atoms with Crippen molar-refractivity contribution in [3.05, 3.63) is 26.9 Å². The molecule has 0 spiro atoms. The third-order valence-corrected chi connectivity index (χ3v) is 3.87. The monoisotopic (exact) mass is 283 g/mol. The number of hydrogen-bond acceptors (Lipinski definition) is 6. The number of aryl methyl sites for hydroxylation is 1. The summed E-state index contributed by atoms with van der Waals surface area (Å²) < 4.78 is 3.72. The fourth-order valence-corrected chi connectivity index (χ4v) is 2.70. The average molecular weight is 283 g/mol. The number of aromatic nitrogens is 2. The molecule has 18 heavy (non-hydrogen) atoms. The molecule has 8 heteroatoms. The van der Waals surface area contributed by atoms with Crippen LogP contribution in [0.1, 0.15) is 32.0 Å². The predicted octanol–water partition coefficient (Wildman–Crippen LogP) is 2.11. The zero-order valence-electron chi connectivity index (χ0n) is 9.34. The van der Waals surface area contributed by atoms with Crippen LogP contribution in [0.3, 0.4) is 0 Å². The first-order valence-corrected chi connectivity index (χ1v) is 6.72. The van der Waals surface area contributed by atoms with Crippen LogP contribution in [0, 0.1) is 0 Å². The summed E-state index contributed by atoms with van der Waals surface area (Å²) in [5.41, 5.74) is 0.914. The number of anilines is 1. The van der Waals surface area contributed by atoms with Gasteiger partial charge >= 0.3 is 5.97 Å². The molecule has 2 N–H and O–H groups in total. The van der Waals surface area contributed by atoms with Crippen LogP contribution in [-0.2, 0) is 6.42 Å². The second kappa shape index (κ2) is 5.23. The van der Waals surface area contributed by atoms with E-state index < -0.39 is 5.97 Å². The highest BCUT2D eigenvalue weighted by atomic mass is 32.1. The van der Waals surface area contributed by atoms with Gasteiger partial charge in [0.25, 0.3) is 5.91 Å². The van der Waals surface area contributed by atoms with Crippen LogP contribution in [-0.4, -0.2) is 26.6 Å². The topological polar surface area (TPSA) is 92.2 Å². The molecule has 0 aromatic carbocycles. The molecule has 2 heterocycles. The zero-order chi connectivity index (χ0) is 13.1. The van der Waals surface area contributed by atoms with Gasteiger partial charge in [0, 0.05) is 0 Å². The molecule has 1 amide bonds. The minimum atomic E-state index is -1.06. The van der Waals surface area contributed by atoms with Crippen molar-refractivity contribution in [2.45, 2.75) is 13.3 Å². The van der Waals surface area contributed by atoms with Gasteiger partial charge in [0.2, 0.25) is 0 Å². The Kier molecular flexibility index (Phi) is 3.68. The van der Waals surface area contributed by atoms with Crippen molar-refractivity contribution in [1.82, 2.24) is 9.59 Å². The molecule has 0 saturated carbocycles. The smallest absolute Gasteiger partial charge is 0.348 e. The Morgan fingerprint density at radius 3 is 2.89 bits per heavy atom. The van der Waals surface area contributed by atoms with Crippen molar-refractivity contribution in [3.8, 4) is 0 Å². The number of thiophene rings is 1. The van der Waals surface area contributed by atoms with E-state index >= 15 is 0 Å². The number of hydrogen-bond donors (Lipinski definition) is 2. The lowest BCUT2D eigenvalue weighted by atomic mass is 10.3. The number of carbonyl (C=O) groups excluding carboxylic acids is 1. The molecule has 6 nitrogen and oxygen atoms in total. The van der Waals surface area contributed by atoms with Crippen molar-refractivity contribution in [2.24, 2.45) is 0 Å². The Morgan fingerprint density at radius 1 is 1.44 bits per heavy atom. The third-order valence-electron chi connectivity index (χ3n) is 2.20. The maximum Gasteiger partial charge on any atom is 0.348 e. The van der Waals surface area contributed by atoms with Gasteiger partial charge in [-0.05, 0) is 29.4 Å². The van der Waals surface area contributed by atoms with E-state index in [-0.39, 0.29) is 10.8 Å². The number of carboxylic acids is 1. The van der Waals surface area contributed by atoms with Crippen molar-refractivity contribution in [3.63, 3.8) is 0 Å². The van der Waals surface area contributed by atoms with Crippen LogP contribution in [0.2, 0.25) is 0 Å². The van der Waals surface area contributed by atoms with E-state index in [0.717, 1.165) is 22.9 Å². The van der Waals surface area contributed by atoms with Crippen LogP contribution in [0.15, 0.2) is 11.4 Å². The van der Waals surface area contributed by atoms with Gasteiger partial charge in [-0.2, -0.15) is 0 Å². The largest absolute Gasteiger partial charge is 0.477 e. The summed E-state index contributed by atoms with van der Waals surface area (Å²) in [7, 11) is 0. The van der Waals surface area contributed by atoms with E-state index in [1.165, 1.54) is 0 Å². The highest BCUT2D eigenvalue weighted by Crippen LogP contribution is 2.23. The van der Waals surface area contributed by atoms with Gasteiger partial charge in [0.05, 0.1) is 11.4 Å². The Balaban J connectivity index is 2.22. The van der Waals surface area contributed by atoms with Crippen molar-refractivity contribution < 1.29 is 14.7 Å². The van der Waals surface area contributed by atoms with Gasteiger partial charge in [-0.15, -0.1) is 16.4 Å². The molecule has 0 unspecified atom stereocenters. The van der Waals surface area contributed by atoms with Crippen molar-refractivity contribution in [1.29, 1.82) is 0 Å². The molecule has 0 radical (unpaired) electrons. The quantitative estimate of drug-likeness (QED) is 0.896. The predicted molar refractivity (Wildman–Crippen MR) is 68.5 cm³/mol. The number of rotatable bonds is 4. The Labute approximate surface area is 110 Å². The molecule has 0 atom stereocenters. The maximum absolute atomic E-state index is 12.0. The average Bonchev–Trinajstić information content (AvgIpc) is 2.96. The summed E-state index contributed by atoms with van der Waals surface area (Å²) in [6, 6.07) is 1.56. The molecule has 0 fully saturated rings. The second-order valence-electron chi connectivity index (χ2n) is 3.32. The number of aromatic carboxylic acids is 1. The van der Waals surface area contributed by atoms with E-state index in [1.807, 2.05) is 6.92 Å². The van der Waals surface area contributed by atoms with Gasteiger partial charge in [-0.25, -0.2) is 4.79 Å². The Hall–Kier alpha value is -1.80. The van der Waals surface area contributed by atoms with Crippen LogP contribution >= 0.6 is 22.9 Å². The molecule has 0 aliphatic heterocycles. The molecule has 0 aliphatic rings. The van der Waals surface area contributed by atoms with Crippen LogP contribution in [0.4, 0.5) is 5.69 Å². The van der Waals surface area contributed by atoms with E-state index in [4.69, 9.17) is 5.11 Å². The lowest BCUT2D eigenvalue weighted by Crippen LogP contribution is -2.13. The molecular formula is C10H9N3O3S2. The third kappa shape index (κ3) is 2.39. The van der Waals surface area contributed by atoms with Crippen LogP contribution in [0.5, 0.6) is 0 Å². The molecule has 0 saturated heterocycles. The summed E-state index contributed by atoms with van der Waals surface area (Å²) in [5.74, 6) is -1.43. The van der Waals surface area contributed by atoms with Gasteiger partial charge in [0.1, 0.15) is 9.75 Å². The molecule has 94 valence electrons. The summed E-state index contributed by atoms with van der Waals surface area (Å²) in [6.45, 7) is 1.88. The lowest BCUT2D eigenvalue weighted by molar-refractivity contribution is 0.0703. The molecule has 2 aromatic heterocycles. The standard InChI is InChI=1S/C10H9N3O3S2/c1-2-5-7(18-13-12-5)9(14)11-6-3-4-17-8(6)10(15)16/h3-4H,2H2,1H3,(H,11,14)(H,15,16). The molecule has 2 rings (SSSR count). The highest BCUT2D eigenvalue weighted by Gasteiger charge is 2.18. The number of carboxylic acid groups (broad SMARTS) is 1. The molecule has 0 bridgehead atoms. The minimum absolute atomic E-state index is 0.110. The highest BCUT2D eigenvalue weighted by molar-refractivity contribution is 7.12. The normalized spacial score (nSPS) is 10.3. The van der Waals surface area contributed by atoms with E-state index in [0.29, 0.717) is 22.7 Å². The fourth-order valence-electron chi connectivity index (χ4n) is 1.36. The second-order valence-corrected chi connectivity index (χ2v) is 5.00. The Morgan fingerprint density at radius 2 is 2.22 bits per heavy atom. The van der Waals surface area contributed by atoms with E-state index in [1.54, 1.807) is 11.4 Å². The number of amides is 1. The maximum atomic E-state index is 12.0.